The summed E-state index contributed by atoms with van der Waals surface area (Å²) in [5, 5.41) is 6.79. The van der Waals surface area contributed by atoms with E-state index in [4.69, 9.17) is 19.4 Å². The molecule has 12 rings (SSSR count). The van der Waals surface area contributed by atoms with Crippen LogP contribution in [0, 0.1) is 0 Å². The van der Waals surface area contributed by atoms with Crippen LogP contribution in [-0.2, 0) is 0 Å². The third-order valence-electron chi connectivity index (χ3n) is 11.2. The Labute approximate surface area is 326 Å². The monoisotopic (exact) mass is 729 g/mol. The van der Waals surface area contributed by atoms with Crippen LogP contribution < -0.4 is 0 Å². The lowest BCUT2D eigenvalue weighted by atomic mass is 9.99. The first-order valence-electron chi connectivity index (χ1n) is 19.1. The zero-order valence-corrected chi connectivity index (χ0v) is 30.5. The number of hydrogen-bond acceptors (Lipinski definition) is 4. The summed E-state index contributed by atoms with van der Waals surface area (Å²) in [5.74, 6) is 1.73. The number of nitrogens with zero attached hydrogens (tertiary/aromatic N) is 5. The molecule has 0 aliphatic heterocycles. The van der Waals surface area contributed by atoms with Crippen LogP contribution in [-0.4, -0.2) is 24.1 Å². The number of aromatic nitrogens is 5. The van der Waals surface area contributed by atoms with Crippen LogP contribution in [0.25, 0.3) is 111 Å². The summed E-state index contributed by atoms with van der Waals surface area (Å²) in [6, 6.07) is 65.5. The standard InChI is InChI=1S/C51H31N5O/c1-3-15-32(16-4-1)35-22-13-27-44-47(35)40-21-9-12-26-43(40)55(44)45-28-14-23-39-38-30-29-34(31-46(38)57-48(39)45)50-52-49(33-17-5-2-6-18-33)53-51(54-50)56-41-24-10-7-19-36(41)37-20-8-11-25-42(37)56/h1-31H. The van der Waals surface area contributed by atoms with Gasteiger partial charge in [0.25, 0.3) is 0 Å². The quantitative estimate of drug-likeness (QED) is 0.177. The minimum absolute atomic E-state index is 0.560. The minimum Gasteiger partial charge on any atom is -0.454 e. The van der Waals surface area contributed by atoms with Gasteiger partial charge in [0, 0.05) is 43.4 Å². The van der Waals surface area contributed by atoms with Crippen LogP contribution in [0.4, 0.5) is 0 Å². The van der Waals surface area contributed by atoms with E-state index in [2.05, 4.69) is 167 Å². The molecule has 0 bridgehead atoms. The van der Waals surface area contributed by atoms with Gasteiger partial charge in [0.15, 0.2) is 17.2 Å². The van der Waals surface area contributed by atoms with E-state index < -0.39 is 0 Å². The zero-order chi connectivity index (χ0) is 37.5. The maximum Gasteiger partial charge on any atom is 0.238 e. The average Bonchev–Trinajstić information content (AvgIpc) is 3.94. The van der Waals surface area contributed by atoms with E-state index >= 15 is 0 Å². The van der Waals surface area contributed by atoms with Gasteiger partial charge < -0.3 is 8.98 Å². The Kier molecular flexibility index (Phi) is 6.83. The molecule has 4 heterocycles. The predicted molar refractivity (Wildman–Crippen MR) is 232 cm³/mol. The second-order valence-electron chi connectivity index (χ2n) is 14.4. The summed E-state index contributed by atoms with van der Waals surface area (Å²) in [6.45, 7) is 0. The van der Waals surface area contributed by atoms with Crippen LogP contribution in [0.3, 0.4) is 0 Å². The first-order valence-corrected chi connectivity index (χ1v) is 19.1. The molecule has 0 atom stereocenters. The predicted octanol–water partition coefficient (Wildman–Crippen LogP) is 13.0. The molecule has 0 spiro atoms. The first kappa shape index (κ1) is 31.5. The Balaban J connectivity index is 1.07. The fourth-order valence-corrected chi connectivity index (χ4v) is 8.68. The van der Waals surface area contributed by atoms with Crippen LogP contribution in [0.1, 0.15) is 0 Å². The van der Waals surface area contributed by atoms with Crippen molar-refractivity contribution in [2.24, 2.45) is 0 Å². The average molecular weight is 730 g/mol. The van der Waals surface area contributed by atoms with Gasteiger partial charge in [-0.2, -0.15) is 9.97 Å². The number of hydrogen-bond donors (Lipinski definition) is 0. The fraction of sp³-hybridized carbons (Fsp3) is 0. The van der Waals surface area contributed by atoms with E-state index in [1.165, 1.54) is 21.9 Å². The summed E-state index contributed by atoms with van der Waals surface area (Å²) in [5.41, 5.74) is 11.1. The van der Waals surface area contributed by atoms with Gasteiger partial charge in [0.1, 0.15) is 5.58 Å². The summed E-state index contributed by atoms with van der Waals surface area (Å²) < 4.78 is 11.4. The lowest BCUT2D eigenvalue weighted by Crippen LogP contribution is -2.06. The smallest absolute Gasteiger partial charge is 0.238 e. The van der Waals surface area contributed by atoms with E-state index in [-0.39, 0.29) is 0 Å². The number of rotatable bonds is 5. The van der Waals surface area contributed by atoms with Crippen molar-refractivity contribution >= 4 is 65.6 Å². The topological polar surface area (TPSA) is 61.7 Å². The molecule has 8 aromatic carbocycles. The molecule has 0 saturated heterocycles. The fourth-order valence-electron chi connectivity index (χ4n) is 8.68. The van der Waals surface area contributed by atoms with Gasteiger partial charge in [0.05, 0.1) is 27.8 Å². The third kappa shape index (κ3) is 4.81. The molecular formula is C51H31N5O. The normalized spacial score (nSPS) is 11.9. The molecule has 0 fully saturated rings. The van der Waals surface area contributed by atoms with E-state index in [1.807, 2.05) is 30.3 Å². The Morgan fingerprint density at radius 3 is 1.65 bits per heavy atom. The number of para-hydroxylation sites is 4. The number of furan rings is 1. The molecule has 6 nitrogen and oxygen atoms in total. The summed E-state index contributed by atoms with van der Waals surface area (Å²) >= 11 is 0. The van der Waals surface area contributed by atoms with Crippen molar-refractivity contribution in [1.82, 2.24) is 24.1 Å². The molecule has 12 aromatic rings. The Morgan fingerprint density at radius 2 is 0.930 bits per heavy atom. The highest BCUT2D eigenvalue weighted by Crippen LogP contribution is 2.42. The van der Waals surface area contributed by atoms with Crippen LogP contribution in [0.15, 0.2) is 192 Å². The maximum atomic E-state index is 6.92. The van der Waals surface area contributed by atoms with E-state index in [1.54, 1.807) is 0 Å². The van der Waals surface area contributed by atoms with E-state index in [0.29, 0.717) is 17.6 Å². The number of fused-ring (bicyclic) bond motifs is 9. The third-order valence-corrected chi connectivity index (χ3v) is 11.2. The van der Waals surface area contributed by atoms with E-state index in [9.17, 15) is 0 Å². The Morgan fingerprint density at radius 1 is 0.368 bits per heavy atom. The summed E-state index contributed by atoms with van der Waals surface area (Å²) in [7, 11) is 0. The van der Waals surface area contributed by atoms with Crippen molar-refractivity contribution in [3.05, 3.63) is 188 Å². The molecule has 0 aliphatic carbocycles. The van der Waals surface area contributed by atoms with E-state index in [0.717, 1.165) is 71.6 Å². The lowest BCUT2D eigenvalue weighted by molar-refractivity contribution is 0.666. The molecule has 0 saturated carbocycles. The molecule has 6 heteroatoms. The molecule has 0 amide bonds. The highest BCUT2D eigenvalue weighted by molar-refractivity contribution is 6.17. The van der Waals surface area contributed by atoms with Gasteiger partial charge >= 0.3 is 0 Å². The zero-order valence-electron chi connectivity index (χ0n) is 30.5. The van der Waals surface area contributed by atoms with Gasteiger partial charge in [-0.3, -0.25) is 4.57 Å². The molecule has 0 N–H and O–H groups in total. The lowest BCUT2D eigenvalue weighted by Gasteiger charge is -2.10. The highest BCUT2D eigenvalue weighted by Gasteiger charge is 2.21. The van der Waals surface area contributed by atoms with Crippen molar-refractivity contribution in [1.29, 1.82) is 0 Å². The van der Waals surface area contributed by atoms with Crippen molar-refractivity contribution < 1.29 is 4.42 Å². The molecule has 4 aromatic heterocycles. The van der Waals surface area contributed by atoms with Gasteiger partial charge in [-0.1, -0.05) is 146 Å². The van der Waals surface area contributed by atoms with Crippen molar-refractivity contribution in [3.63, 3.8) is 0 Å². The minimum atomic E-state index is 0.560. The van der Waals surface area contributed by atoms with Crippen LogP contribution >= 0.6 is 0 Å². The summed E-state index contributed by atoms with van der Waals surface area (Å²) in [4.78, 5) is 15.4. The Hall–Kier alpha value is -7.83. The van der Waals surface area contributed by atoms with Crippen LogP contribution in [0.2, 0.25) is 0 Å². The molecule has 0 radical (unpaired) electrons. The first-order chi connectivity index (χ1) is 28.3. The van der Waals surface area contributed by atoms with Gasteiger partial charge in [-0.15, -0.1) is 0 Å². The van der Waals surface area contributed by atoms with Crippen molar-refractivity contribution in [2.75, 3.05) is 0 Å². The van der Waals surface area contributed by atoms with Crippen molar-refractivity contribution in [3.8, 4) is 45.5 Å². The van der Waals surface area contributed by atoms with Crippen molar-refractivity contribution in [2.45, 2.75) is 0 Å². The van der Waals surface area contributed by atoms with Gasteiger partial charge in [0.2, 0.25) is 5.95 Å². The van der Waals surface area contributed by atoms with Gasteiger partial charge in [-0.25, -0.2) is 4.98 Å². The SMILES string of the molecule is c1ccc(-c2nc(-c3ccc4c(c3)oc3c(-n5c6ccccc6c6c(-c7ccccc7)cccc65)cccc34)nc(-n3c4ccccc4c4ccccc43)n2)cc1. The largest absolute Gasteiger partial charge is 0.454 e. The van der Waals surface area contributed by atoms with Crippen LogP contribution in [0.5, 0.6) is 0 Å². The molecule has 0 unspecified atom stereocenters. The molecular weight excluding hydrogens is 699 g/mol. The molecule has 57 heavy (non-hydrogen) atoms. The van der Waals surface area contributed by atoms with Gasteiger partial charge in [-0.05, 0) is 53.6 Å². The molecule has 266 valence electrons. The highest BCUT2D eigenvalue weighted by atomic mass is 16.3. The number of benzene rings is 8. The Bertz CT molecular complexity index is 3470. The summed E-state index contributed by atoms with van der Waals surface area (Å²) in [6.07, 6.45) is 0. The molecule has 0 aliphatic rings. The second-order valence-corrected chi connectivity index (χ2v) is 14.4. The second kappa shape index (κ2) is 12.3. The maximum absolute atomic E-state index is 6.92.